The van der Waals surface area contributed by atoms with Gasteiger partial charge in [-0.25, -0.2) is 14.4 Å². The third-order valence-corrected chi connectivity index (χ3v) is 8.47. The molecule has 43 heavy (non-hydrogen) atoms. The highest BCUT2D eigenvalue weighted by Gasteiger charge is 2.45. The van der Waals surface area contributed by atoms with Crippen molar-refractivity contribution in [2.24, 2.45) is 5.41 Å². The van der Waals surface area contributed by atoms with E-state index in [-0.39, 0.29) is 6.54 Å². The van der Waals surface area contributed by atoms with E-state index < -0.39 is 17.2 Å². The van der Waals surface area contributed by atoms with E-state index in [1.54, 1.807) is 37.6 Å². The highest BCUT2D eigenvalue weighted by atomic mass is 35.5. The molecule has 0 unspecified atom stereocenters. The van der Waals surface area contributed by atoms with Crippen LogP contribution in [0, 0.1) is 11.2 Å². The number of aromatic nitrogens is 3. The smallest absolute Gasteiger partial charge is 0.311 e. The molecule has 11 heteroatoms. The fourth-order valence-electron chi connectivity index (χ4n) is 5.43. The van der Waals surface area contributed by atoms with Crippen LogP contribution in [0.25, 0.3) is 33.3 Å². The molecule has 5 aromatic rings. The molecule has 1 saturated heterocycles. The van der Waals surface area contributed by atoms with Crippen LogP contribution in [-0.2, 0) is 11.3 Å². The molecule has 218 valence electrons. The van der Waals surface area contributed by atoms with Crippen molar-refractivity contribution < 1.29 is 19.0 Å². The molecule has 0 radical (unpaired) electrons. The van der Waals surface area contributed by atoms with Crippen molar-refractivity contribution in [3.63, 3.8) is 0 Å². The minimum Gasteiger partial charge on any atom is -0.496 e. The largest absolute Gasteiger partial charge is 0.496 e. The molecule has 0 saturated carbocycles. The fourth-order valence-corrected chi connectivity index (χ4v) is 6.04. The van der Waals surface area contributed by atoms with Gasteiger partial charge in [0.25, 0.3) is 0 Å². The number of halogens is 3. The molecule has 0 bridgehead atoms. The zero-order chi connectivity index (χ0) is 30.3. The molecule has 0 spiro atoms. The maximum Gasteiger partial charge on any atom is 0.311 e. The van der Waals surface area contributed by atoms with E-state index in [0.29, 0.717) is 79.2 Å². The van der Waals surface area contributed by atoms with Gasteiger partial charge < -0.3 is 15.2 Å². The van der Waals surface area contributed by atoms with Crippen molar-refractivity contribution in [3.05, 3.63) is 94.6 Å². The minimum absolute atomic E-state index is 0.235. The normalized spacial score (nSPS) is 14.3. The van der Waals surface area contributed by atoms with Crippen LogP contribution < -0.4 is 10.1 Å². The first-order valence-corrected chi connectivity index (χ1v) is 14.2. The first-order chi connectivity index (χ1) is 20.7. The van der Waals surface area contributed by atoms with E-state index in [9.17, 15) is 9.90 Å². The van der Waals surface area contributed by atoms with Crippen LogP contribution in [0.3, 0.4) is 0 Å². The Morgan fingerprint density at radius 3 is 2.44 bits per heavy atom. The summed E-state index contributed by atoms with van der Waals surface area (Å²) in [6.07, 6.45) is 4.86. The number of pyridine rings is 1. The molecule has 6 rings (SSSR count). The monoisotopic (exact) mass is 617 g/mol. The quantitative estimate of drug-likeness (QED) is 0.185. The standard InChI is InChI=1S/C32H26Cl2FN5O3/c1-32(31(41)42)16-40(17-32)15-22-23(35)13-18(14-26(22)43-2)19-5-3-6-20(27(19)33)21-7-4-8-24(28(21)34)39-30-29-25(9-10-38-30)36-11-12-37-29/h3-14H,15-17H2,1-2H3,(H,38,39)(H,41,42). The van der Waals surface area contributed by atoms with E-state index in [2.05, 4.69) is 20.3 Å². The van der Waals surface area contributed by atoms with E-state index in [0.717, 1.165) is 0 Å². The Morgan fingerprint density at radius 2 is 1.70 bits per heavy atom. The van der Waals surface area contributed by atoms with Gasteiger partial charge in [0.05, 0.1) is 33.8 Å². The third-order valence-electron chi connectivity index (χ3n) is 7.66. The van der Waals surface area contributed by atoms with Crippen LogP contribution in [0.1, 0.15) is 12.5 Å². The van der Waals surface area contributed by atoms with Gasteiger partial charge >= 0.3 is 5.97 Å². The molecule has 1 fully saturated rings. The number of likely N-dealkylation sites (tertiary alicyclic amines) is 1. The lowest BCUT2D eigenvalue weighted by atomic mass is 9.82. The number of carboxylic acid groups (broad SMARTS) is 1. The number of methoxy groups -OCH3 is 1. The Balaban J connectivity index is 1.32. The van der Waals surface area contributed by atoms with Gasteiger partial charge in [0.15, 0.2) is 5.82 Å². The lowest BCUT2D eigenvalue weighted by Crippen LogP contribution is -2.58. The highest BCUT2D eigenvalue weighted by molar-refractivity contribution is 6.39. The Morgan fingerprint density at radius 1 is 1.00 bits per heavy atom. The average Bonchev–Trinajstić information content (AvgIpc) is 2.98. The summed E-state index contributed by atoms with van der Waals surface area (Å²) in [7, 11) is 1.48. The van der Waals surface area contributed by atoms with E-state index in [1.807, 2.05) is 41.3 Å². The number of anilines is 2. The zero-order valence-electron chi connectivity index (χ0n) is 23.2. The first-order valence-electron chi connectivity index (χ1n) is 13.4. The second kappa shape index (κ2) is 11.4. The van der Waals surface area contributed by atoms with Crippen molar-refractivity contribution in [1.82, 2.24) is 19.9 Å². The number of fused-ring (bicyclic) bond motifs is 1. The summed E-state index contributed by atoms with van der Waals surface area (Å²) < 4.78 is 21.1. The number of aliphatic carboxylic acids is 1. The summed E-state index contributed by atoms with van der Waals surface area (Å²) in [5.41, 5.74) is 3.91. The Hall–Kier alpha value is -4.31. The summed E-state index contributed by atoms with van der Waals surface area (Å²) in [5, 5.41) is 13.5. The molecule has 1 aliphatic rings. The number of rotatable bonds is 8. The molecular weight excluding hydrogens is 592 g/mol. The summed E-state index contributed by atoms with van der Waals surface area (Å²) in [4.78, 5) is 26.5. The van der Waals surface area contributed by atoms with Crippen molar-refractivity contribution >= 4 is 51.7 Å². The predicted octanol–water partition coefficient (Wildman–Crippen LogP) is 7.46. The molecule has 2 N–H and O–H groups in total. The molecule has 3 aromatic carbocycles. The predicted molar refractivity (Wildman–Crippen MR) is 165 cm³/mol. The lowest BCUT2D eigenvalue weighted by molar-refractivity contribution is -0.159. The molecule has 2 aromatic heterocycles. The number of nitrogens with zero attached hydrogens (tertiary/aromatic N) is 4. The summed E-state index contributed by atoms with van der Waals surface area (Å²) in [6, 6.07) is 16.0. The summed E-state index contributed by atoms with van der Waals surface area (Å²) in [5.74, 6) is -0.454. The minimum atomic E-state index is -0.859. The van der Waals surface area contributed by atoms with E-state index >= 15 is 4.39 Å². The molecule has 8 nitrogen and oxygen atoms in total. The SMILES string of the molecule is COc1cc(-c2cccc(-c3cccc(Nc4nccc5nccnc45)c3Cl)c2Cl)cc(F)c1CN1CC(C)(C(=O)O)C1. The fraction of sp³-hybridized carbons (Fsp3) is 0.188. The molecule has 0 atom stereocenters. The van der Waals surface area contributed by atoms with Crippen LogP contribution in [0.2, 0.25) is 10.0 Å². The number of nitrogens with one attached hydrogen (secondary N) is 1. The topological polar surface area (TPSA) is 100 Å². The van der Waals surface area contributed by atoms with Crippen LogP contribution in [0.4, 0.5) is 15.9 Å². The second-order valence-electron chi connectivity index (χ2n) is 10.7. The highest BCUT2D eigenvalue weighted by Crippen LogP contribution is 2.43. The van der Waals surface area contributed by atoms with E-state index in [1.165, 1.54) is 13.2 Å². The zero-order valence-corrected chi connectivity index (χ0v) is 24.7. The maximum atomic E-state index is 15.5. The van der Waals surface area contributed by atoms with Gasteiger partial charge in [-0.15, -0.1) is 0 Å². The summed E-state index contributed by atoms with van der Waals surface area (Å²) in [6.45, 7) is 2.58. The number of hydrogen-bond donors (Lipinski definition) is 2. The molecule has 0 amide bonds. The molecule has 1 aliphatic heterocycles. The van der Waals surface area contributed by atoms with Gasteiger partial charge in [-0.2, -0.15) is 0 Å². The maximum absolute atomic E-state index is 15.5. The van der Waals surface area contributed by atoms with Gasteiger partial charge in [0.1, 0.15) is 17.1 Å². The Bertz CT molecular complexity index is 1880. The van der Waals surface area contributed by atoms with Gasteiger partial charge in [-0.05, 0) is 36.8 Å². The number of benzene rings is 3. The Labute approximate surface area is 257 Å². The third kappa shape index (κ3) is 5.35. The average molecular weight is 618 g/mol. The number of carbonyl (C=O) groups is 1. The summed E-state index contributed by atoms with van der Waals surface area (Å²) >= 11 is 13.9. The van der Waals surface area contributed by atoms with Gasteiger partial charge in [0.2, 0.25) is 0 Å². The van der Waals surface area contributed by atoms with Crippen LogP contribution in [-0.4, -0.2) is 51.1 Å². The van der Waals surface area contributed by atoms with Crippen molar-refractivity contribution in [1.29, 1.82) is 0 Å². The first kappa shape index (κ1) is 28.8. The molecule has 0 aliphatic carbocycles. The Kier molecular flexibility index (Phi) is 7.64. The van der Waals surface area contributed by atoms with Gasteiger partial charge in [-0.1, -0.05) is 53.5 Å². The van der Waals surface area contributed by atoms with Gasteiger partial charge in [0, 0.05) is 60.5 Å². The van der Waals surface area contributed by atoms with Gasteiger partial charge in [-0.3, -0.25) is 14.7 Å². The molecule has 3 heterocycles. The van der Waals surface area contributed by atoms with Crippen molar-refractivity contribution in [2.75, 3.05) is 25.5 Å². The van der Waals surface area contributed by atoms with Crippen LogP contribution in [0.5, 0.6) is 5.75 Å². The van der Waals surface area contributed by atoms with Crippen LogP contribution >= 0.6 is 23.2 Å². The number of ether oxygens (including phenoxy) is 1. The number of carboxylic acids is 1. The lowest BCUT2D eigenvalue weighted by Gasteiger charge is -2.45. The van der Waals surface area contributed by atoms with Crippen molar-refractivity contribution in [2.45, 2.75) is 13.5 Å². The van der Waals surface area contributed by atoms with Crippen LogP contribution in [0.15, 0.2) is 73.2 Å². The second-order valence-corrected chi connectivity index (χ2v) is 11.4. The number of hydrogen-bond acceptors (Lipinski definition) is 7. The van der Waals surface area contributed by atoms with E-state index in [4.69, 9.17) is 27.9 Å². The van der Waals surface area contributed by atoms with Crippen molar-refractivity contribution in [3.8, 4) is 28.0 Å². The molecular formula is C32H26Cl2FN5O3.